The van der Waals surface area contributed by atoms with Crippen LogP contribution in [0.2, 0.25) is 0 Å². The van der Waals surface area contributed by atoms with Gasteiger partial charge in [0, 0.05) is 6.04 Å². The standard InChI is InChI=1S/C11H15NO2/c1-8(12)9-2-4-10(5-3-9)11-6-13-7-14-11/h2-5,8,11H,6-7,12H2,1H3. The molecule has 1 fully saturated rings. The molecule has 2 rings (SSSR count). The van der Waals surface area contributed by atoms with Crippen molar-refractivity contribution in [3.8, 4) is 0 Å². The van der Waals surface area contributed by atoms with E-state index in [0.29, 0.717) is 13.4 Å². The highest BCUT2D eigenvalue weighted by Crippen LogP contribution is 2.23. The lowest BCUT2D eigenvalue weighted by Crippen LogP contribution is -2.05. The second-order valence-corrected chi connectivity index (χ2v) is 3.60. The van der Waals surface area contributed by atoms with E-state index in [1.807, 2.05) is 19.1 Å². The zero-order valence-electron chi connectivity index (χ0n) is 8.27. The minimum Gasteiger partial charge on any atom is -0.352 e. The molecule has 3 heteroatoms. The number of ether oxygens (including phenoxy) is 2. The molecule has 3 nitrogen and oxygen atoms in total. The SMILES string of the molecule is CC(N)c1ccc(C2COCO2)cc1. The van der Waals surface area contributed by atoms with Crippen molar-refractivity contribution in [3.63, 3.8) is 0 Å². The van der Waals surface area contributed by atoms with Crippen molar-refractivity contribution >= 4 is 0 Å². The van der Waals surface area contributed by atoms with E-state index < -0.39 is 0 Å². The Labute approximate surface area is 83.8 Å². The van der Waals surface area contributed by atoms with Gasteiger partial charge in [-0.1, -0.05) is 24.3 Å². The summed E-state index contributed by atoms with van der Waals surface area (Å²) in [6.07, 6.45) is 0.0946. The van der Waals surface area contributed by atoms with Crippen LogP contribution in [0.4, 0.5) is 0 Å². The average molecular weight is 193 g/mol. The number of hydrogen-bond acceptors (Lipinski definition) is 3. The molecule has 0 aromatic heterocycles. The van der Waals surface area contributed by atoms with Gasteiger partial charge in [0.05, 0.1) is 6.61 Å². The van der Waals surface area contributed by atoms with E-state index in [2.05, 4.69) is 12.1 Å². The molecule has 1 aliphatic heterocycles. The molecule has 2 N–H and O–H groups in total. The molecule has 2 unspecified atom stereocenters. The Hall–Kier alpha value is -0.900. The van der Waals surface area contributed by atoms with Crippen LogP contribution in [0.15, 0.2) is 24.3 Å². The summed E-state index contributed by atoms with van der Waals surface area (Å²) in [5.74, 6) is 0. The summed E-state index contributed by atoms with van der Waals surface area (Å²) in [4.78, 5) is 0. The van der Waals surface area contributed by atoms with Crippen LogP contribution in [0.3, 0.4) is 0 Å². The fourth-order valence-corrected chi connectivity index (χ4v) is 1.54. The molecule has 76 valence electrons. The number of benzene rings is 1. The summed E-state index contributed by atoms with van der Waals surface area (Å²) < 4.78 is 10.5. The Morgan fingerprint density at radius 1 is 1.36 bits per heavy atom. The van der Waals surface area contributed by atoms with Crippen LogP contribution >= 0.6 is 0 Å². The predicted molar refractivity (Wildman–Crippen MR) is 53.7 cm³/mol. The van der Waals surface area contributed by atoms with Crippen molar-refractivity contribution in [2.45, 2.75) is 19.1 Å². The first-order valence-electron chi connectivity index (χ1n) is 4.82. The third-order valence-corrected chi connectivity index (χ3v) is 2.46. The maximum Gasteiger partial charge on any atom is 0.147 e. The Bertz CT molecular complexity index is 289. The fraction of sp³-hybridized carbons (Fsp3) is 0.455. The summed E-state index contributed by atoms with van der Waals surface area (Å²) in [5.41, 5.74) is 8.07. The Kier molecular flexibility index (Phi) is 2.82. The van der Waals surface area contributed by atoms with Crippen molar-refractivity contribution in [2.75, 3.05) is 13.4 Å². The summed E-state index contributed by atoms with van der Waals surface area (Å²) in [7, 11) is 0. The topological polar surface area (TPSA) is 44.5 Å². The Morgan fingerprint density at radius 2 is 2.07 bits per heavy atom. The average Bonchev–Trinajstić information content (AvgIpc) is 2.71. The molecule has 1 aromatic carbocycles. The predicted octanol–water partition coefficient (Wildman–Crippen LogP) is 1.75. The summed E-state index contributed by atoms with van der Waals surface area (Å²) in [5, 5.41) is 0. The molecule has 1 aliphatic rings. The van der Waals surface area contributed by atoms with E-state index in [9.17, 15) is 0 Å². The first kappa shape index (κ1) is 9.65. The van der Waals surface area contributed by atoms with Crippen LogP contribution < -0.4 is 5.73 Å². The van der Waals surface area contributed by atoms with Crippen LogP contribution in [0.1, 0.15) is 30.2 Å². The van der Waals surface area contributed by atoms with E-state index >= 15 is 0 Å². The summed E-state index contributed by atoms with van der Waals surface area (Å²) in [6.45, 7) is 3.03. The van der Waals surface area contributed by atoms with E-state index in [-0.39, 0.29) is 12.1 Å². The molecule has 0 radical (unpaired) electrons. The molecule has 0 spiro atoms. The smallest absolute Gasteiger partial charge is 0.147 e. The van der Waals surface area contributed by atoms with E-state index in [1.165, 1.54) is 0 Å². The van der Waals surface area contributed by atoms with Gasteiger partial charge in [0.2, 0.25) is 0 Å². The van der Waals surface area contributed by atoms with Crippen LogP contribution in [0, 0.1) is 0 Å². The van der Waals surface area contributed by atoms with Gasteiger partial charge < -0.3 is 15.2 Å². The highest BCUT2D eigenvalue weighted by Gasteiger charge is 2.17. The van der Waals surface area contributed by atoms with Gasteiger partial charge in [-0.15, -0.1) is 0 Å². The molecule has 0 aliphatic carbocycles. The number of rotatable bonds is 2. The minimum atomic E-state index is 0.0878. The van der Waals surface area contributed by atoms with Gasteiger partial charge in [-0.3, -0.25) is 0 Å². The number of hydrogen-bond donors (Lipinski definition) is 1. The number of nitrogens with two attached hydrogens (primary N) is 1. The molecule has 0 saturated carbocycles. The Balaban J connectivity index is 2.12. The molecule has 1 aromatic rings. The second-order valence-electron chi connectivity index (χ2n) is 3.60. The molecule has 1 heterocycles. The van der Waals surface area contributed by atoms with Gasteiger partial charge >= 0.3 is 0 Å². The van der Waals surface area contributed by atoms with Crippen molar-refractivity contribution in [2.24, 2.45) is 5.73 Å². The highest BCUT2D eigenvalue weighted by molar-refractivity contribution is 5.26. The van der Waals surface area contributed by atoms with Gasteiger partial charge in [-0.25, -0.2) is 0 Å². The van der Waals surface area contributed by atoms with Gasteiger partial charge in [-0.05, 0) is 18.1 Å². The van der Waals surface area contributed by atoms with Crippen LogP contribution in [0.25, 0.3) is 0 Å². The molecule has 0 amide bonds. The maximum atomic E-state index is 5.76. The molecule has 14 heavy (non-hydrogen) atoms. The zero-order valence-corrected chi connectivity index (χ0v) is 8.27. The molecule has 0 bridgehead atoms. The monoisotopic (exact) mass is 193 g/mol. The molecule has 1 saturated heterocycles. The van der Waals surface area contributed by atoms with E-state index in [1.54, 1.807) is 0 Å². The summed E-state index contributed by atoms with van der Waals surface area (Å²) in [6, 6.07) is 8.28. The quantitative estimate of drug-likeness (QED) is 0.778. The largest absolute Gasteiger partial charge is 0.352 e. The molecular formula is C11H15NO2. The lowest BCUT2D eigenvalue weighted by atomic mass is 10.0. The summed E-state index contributed by atoms with van der Waals surface area (Å²) >= 11 is 0. The van der Waals surface area contributed by atoms with Crippen LogP contribution in [0.5, 0.6) is 0 Å². The lowest BCUT2D eigenvalue weighted by Gasteiger charge is -2.10. The third kappa shape index (κ3) is 1.95. The second kappa shape index (κ2) is 4.09. The molecule has 2 atom stereocenters. The van der Waals surface area contributed by atoms with Crippen molar-refractivity contribution in [3.05, 3.63) is 35.4 Å². The van der Waals surface area contributed by atoms with Crippen LogP contribution in [-0.4, -0.2) is 13.4 Å². The van der Waals surface area contributed by atoms with E-state index in [0.717, 1.165) is 11.1 Å². The fourth-order valence-electron chi connectivity index (χ4n) is 1.54. The molecular weight excluding hydrogens is 178 g/mol. The van der Waals surface area contributed by atoms with Gasteiger partial charge in [-0.2, -0.15) is 0 Å². The highest BCUT2D eigenvalue weighted by atomic mass is 16.7. The zero-order chi connectivity index (χ0) is 9.97. The normalized spacial score (nSPS) is 23.7. The minimum absolute atomic E-state index is 0.0878. The van der Waals surface area contributed by atoms with Crippen molar-refractivity contribution in [1.82, 2.24) is 0 Å². The van der Waals surface area contributed by atoms with Gasteiger partial charge in [0.1, 0.15) is 12.9 Å². The maximum absolute atomic E-state index is 5.76. The first-order valence-corrected chi connectivity index (χ1v) is 4.82. The van der Waals surface area contributed by atoms with Gasteiger partial charge in [0.25, 0.3) is 0 Å². The van der Waals surface area contributed by atoms with E-state index in [4.69, 9.17) is 15.2 Å². The first-order chi connectivity index (χ1) is 6.77. The Morgan fingerprint density at radius 3 is 2.57 bits per heavy atom. The van der Waals surface area contributed by atoms with Crippen molar-refractivity contribution < 1.29 is 9.47 Å². The van der Waals surface area contributed by atoms with Crippen molar-refractivity contribution in [1.29, 1.82) is 0 Å². The lowest BCUT2D eigenvalue weighted by molar-refractivity contribution is 0.0466. The van der Waals surface area contributed by atoms with Crippen LogP contribution in [-0.2, 0) is 9.47 Å². The van der Waals surface area contributed by atoms with Gasteiger partial charge in [0.15, 0.2) is 0 Å². The third-order valence-electron chi connectivity index (χ3n) is 2.46.